The molecule has 4 rings (SSSR count). The van der Waals surface area contributed by atoms with Crippen molar-refractivity contribution in [3.63, 3.8) is 0 Å². The lowest BCUT2D eigenvalue weighted by atomic mass is 9.67. The molecular formula is C28H30Cl2F2N4O3. The van der Waals surface area contributed by atoms with E-state index in [-0.39, 0.29) is 33.5 Å². The Hall–Kier alpha value is -2.82. The number of aliphatic hydroxyl groups is 1. The molecule has 2 heterocycles. The number of H-pyrrole nitrogens is 1. The van der Waals surface area contributed by atoms with Crippen LogP contribution in [0.1, 0.15) is 43.7 Å². The standard InChI is InChI=1S/C28H30Cl2F2N4O3/c1-27(2,9-11-37)14-21-28(33,18-7-6-15(29)12-20(18)31)23(17-4-3-5-19(30)24(17)32)25(36-21)26(39)35-16-8-10-34-22(38)13-16/h3-8,10,12-13,21,23,25,36-37H,9,11,14,33H2,1-2H3,(H2,34,35,38,39)/t21-,23-,25+,28+/m0/s1. The summed E-state index contributed by atoms with van der Waals surface area (Å²) in [6, 6.07) is 9.22. The Kier molecular flexibility index (Phi) is 8.49. The highest BCUT2D eigenvalue weighted by Crippen LogP contribution is 2.50. The minimum absolute atomic E-state index is 0.0281. The summed E-state index contributed by atoms with van der Waals surface area (Å²) in [4.78, 5) is 28.0. The molecule has 1 fully saturated rings. The predicted molar refractivity (Wildman–Crippen MR) is 148 cm³/mol. The fraction of sp³-hybridized carbons (Fsp3) is 0.357. The first kappa shape index (κ1) is 29.2. The van der Waals surface area contributed by atoms with Gasteiger partial charge in [0.1, 0.15) is 11.6 Å². The van der Waals surface area contributed by atoms with Gasteiger partial charge in [0.05, 0.1) is 16.6 Å². The van der Waals surface area contributed by atoms with E-state index in [4.69, 9.17) is 28.9 Å². The Morgan fingerprint density at radius 2 is 1.92 bits per heavy atom. The Balaban J connectivity index is 1.92. The minimum Gasteiger partial charge on any atom is -0.396 e. The number of hydrogen-bond acceptors (Lipinski definition) is 5. The smallest absolute Gasteiger partial charge is 0.249 e. The number of halogens is 4. The summed E-state index contributed by atoms with van der Waals surface area (Å²) in [5.74, 6) is -3.22. The topological polar surface area (TPSA) is 120 Å². The number of aliphatic hydroxyl groups excluding tert-OH is 1. The second-order valence-electron chi connectivity index (χ2n) is 10.6. The molecule has 6 N–H and O–H groups in total. The molecule has 11 heteroatoms. The third-order valence-electron chi connectivity index (χ3n) is 7.39. The molecule has 39 heavy (non-hydrogen) atoms. The highest BCUT2D eigenvalue weighted by atomic mass is 35.5. The van der Waals surface area contributed by atoms with Gasteiger partial charge in [0, 0.05) is 47.1 Å². The largest absolute Gasteiger partial charge is 0.396 e. The average molecular weight is 579 g/mol. The molecule has 0 aliphatic carbocycles. The third kappa shape index (κ3) is 5.88. The molecule has 0 saturated carbocycles. The van der Waals surface area contributed by atoms with Crippen LogP contribution in [0, 0.1) is 17.0 Å². The van der Waals surface area contributed by atoms with Crippen molar-refractivity contribution in [2.45, 2.75) is 50.2 Å². The Labute approximate surface area is 234 Å². The molecule has 1 amide bonds. The molecule has 3 aromatic rings. The molecule has 0 bridgehead atoms. The van der Waals surface area contributed by atoms with Crippen LogP contribution >= 0.6 is 23.2 Å². The minimum atomic E-state index is -1.66. The predicted octanol–water partition coefficient (Wildman–Crippen LogP) is 4.68. The molecule has 1 saturated heterocycles. The number of amides is 1. The van der Waals surface area contributed by atoms with Gasteiger partial charge in [-0.25, -0.2) is 8.78 Å². The quantitative estimate of drug-likeness (QED) is 0.266. The lowest BCUT2D eigenvalue weighted by Gasteiger charge is -2.40. The van der Waals surface area contributed by atoms with Crippen LogP contribution in [0.5, 0.6) is 0 Å². The van der Waals surface area contributed by atoms with Crippen LogP contribution in [0.4, 0.5) is 14.5 Å². The van der Waals surface area contributed by atoms with E-state index in [1.807, 2.05) is 13.8 Å². The average Bonchev–Trinajstić information content (AvgIpc) is 3.12. The molecule has 2 aromatic carbocycles. The van der Waals surface area contributed by atoms with Crippen LogP contribution in [0.15, 0.2) is 59.5 Å². The number of anilines is 1. The maximum atomic E-state index is 15.6. The van der Waals surface area contributed by atoms with Gasteiger partial charge in [0.15, 0.2) is 0 Å². The molecule has 0 radical (unpaired) electrons. The van der Waals surface area contributed by atoms with Crippen LogP contribution in [-0.2, 0) is 10.3 Å². The number of aromatic amines is 1. The van der Waals surface area contributed by atoms with Crippen molar-refractivity contribution in [1.29, 1.82) is 0 Å². The maximum absolute atomic E-state index is 15.6. The van der Waals surface area contributed by atoms with Crippen molar-refractivity contribution in [1.82, 2.24) is 10.3 Å². The van der Waals surface area contributed by atoms with E-state index >= 15 is 8.78 Å². The number of pyridine rings is 1. The van der Waals surface area contributed by atoms with Crippen LogP contribution in [-0.4, -0.2) is 34.7 Å². The summed E-state index contributed by atoms with van der Waals surface area (Å²) in [5.41, 5.74) is 4.88. The molecule has 1 aliphatic rings. The first-order valence-corrected chi connectivity index (χ1v) is 13.2. The number of benzene rings is 2. The van der Waals surface area contributed by atoms with Crippen molar-refractivity contribution in [2.75, 3.05) is 11.9 Å². The van der Waals surface area contributed by atoms with Crippen molar-refractivity contribution in [3.05, 3.63) is 97.9 Å². The summed E-state index contributed by atoms with van der Waals surface area (Å²) in [7, 11) is 0. The molecule has 0 spiro atoms. The molecular weight excluding hydrogens is 549 g/mol. The summed E-state index contributed by atoms with van der Waals surface area (Å²) >= 11 is 12.2. The van der Waals surface area contributed by atoms with E-state index in [1.165, 1.54) is 48.7 Å². The molecule has 0 unspecified atom stereocenters. The summed E-state index contributed by atoms with van der Waals surface area (Å²) < 4.78 is 31.2. The third-order valence-corrected chi connectivity index (χ3v) is 7.92. The second-order valence-corrected chi connectivity index (χ2v) is 11.5. The zero-order valence-electron chi connectivity index (χ0n) is 21.4. The van der Waals surface area contributed by atoms with Gasteiger partial charge < -0.3 is 26.5 Å². The summed E-state index contributed by atoms with van der Waals surface area (Å²) in [6.07, 6.45) is 2.09. The summed E-state index contributed by atoms with van der Waals surface area (Å²) in [5, 5.41) is 15.6. The van der Waals surface area contributed by atoms with E-state index in [1.54, 1.807) is 0 Å². The fourth-order valence-corrected chi connectivity index (χ4v) is 5.83. The van der Waals surface area contributed by atoms with Gasteiger partial charge in [0.25, 0.3) is 0 Å². The van der Waals surface area contributed by atoms with E-state index in [0.717, 1.165) is 6.07 Å². The first-order valence-electron chi connectivity index (χ1n) is 12.4. The number of nitrogens with one attached hydrogen (secondary N) is 3. The van der Waals surface area contributed by atoms with Gasteiger partial charge in [-0.15, -0.1) is 0 Å². The Morgan fingerprint density at radius 3 is 2.59 bits per heavy atom. The molecule has 4 atom stereocenters. The van der Waals surface area contributed by atoms with Crippen molar-refractivity contribution in [2.24, 2.45) is 11.1 Å². The van der Waals surface area contributed by atoms with Crippen LogP contribution in [0.2, 0.25) is 10.0 Å². The van der Waals surface area contributed by atoms with Crippen molar-refractivity contribution >= 4 is 34.8 Å². The van der Waals surface area contributed by atoms with Crippen LogP contribution < -0.4 is 21.9 Å². The number of carbonyl (C=O) groups is 1. The van der Waals surface area contributed by atoms with E-state index in [2.05, 4.69) is 15.6 Å². The zero-order valence-corrected chi connectivity index (χ0v) is 22.9. The maximum Gasteiger partial charge on any atom is 0.249 e. The second kappa shape index (κ2) is 11.3. The highest BCUT2D eigenvalue weighted by molar-refractivity contribution is 6.31. The zero-order chi connectivity index (χ0) is 28.5. The fourth-order valence-electron chi connectivity index (χ4n) is 5.49. The van der Waals surface area contributed by atoms with Gasteiger partial charge in [0.2, 0.25) is 11.5 Å². The van der Waals surface area contributed by atoms with E-state index < -0.39 is 52.1 Å². The Morgan fingerprint density at radius 1 is 1.18 bits per heavy atom. The van der Waals surface area contributed by atoms with E-state index in [9.17, 15) is 14.7 Å². The number of aromatic nitrogens is 1. The van der Waals surface area contributed by atoms with Gasteiger partial charge in [-0.1, -0.05) is 55.2 Å². The van der Waals surface area contributed by atoms with Crippen LogP contribution in [0.25, 0.3) is 0 Å². The molecule has 1 aromatic heterocycles. The Bertz CT molecular complexity index is 1430. The van der Waals surface area contributed by atoms with Gasteiger partial charge in [-0.2, -0.15) is 0 Å². The SMILES string of the molecule is CC(C)(CCO)C[C@@H]1N[C@@H](C(=O)Nc2cc[nH]c(=O)c2)[C@H](c2cccc(Cl)c2F)[C@@]1(N)c1ccc(Cl)cc1F. The number of carbonyl (C=O) groups excluding carboxylic acids is 1. The lowest BCUT2D eigenvalue weighted by molar-refractivity contribution is -0.118. The van der Waals surface area contributed by atoms with Gasteiger partial charge in [-0.05, 0) is 48.1 Å². The monoisotopic (exact) mass is 578 g/mol. The molecule has 1 aliphatic heterocycles. The van der Waals surface area contributed by atoms with Gasteiger partial charge >= 0.3 is 0 Å². The van der Waals surface area contributed by atoms with E-state index in [0.29, 0.717) is 12.8 Å². The highest BCUT2D eigenvalue weighted by Gasteiger charge is 2.58. The number of rotatable bonds is 8. The van der Waals surface area contributed by atoms with Gasteiger partial charge in [-0.3, -0.25) is 9.59 Å². The lowest BCUT2D eigenvalue weighted by Crippen LogP contribution is -2.52. The normalized spacial score (nSPS) is 23.1. The van der Waals surface area contributed by atoms with Crippen LogP contribution in [0.3, 0.4) is 0 Å². The molecule has 208 valence electrons. The van der Waals surface area contributed by atoms with Crippen molar-refractivity contribution in [3.8, 4) is 0 Å². The van der Waals surface area contributed by atoms with Crippen molar-refractivity contribution < 1.29 is 18.7 Å². The summed E-state index contributed by atoms with van der Waals surface area (Å²) in [6.45, 7) is 3.75. The molecule has 7 nitrogen and oxygen atoms in total. The first-order chi connectivity index (χ1) is 18.4. The number of nitrogens with two attached hydrogens (primary N) is 1. The number of hydrogen-bond donors (Lipinski definition) is 5.